The molecule has 0 amide bonds. The Balaban J connectivity index is 3.16. The zero-order valence-electron chi connectivity index (χ0n) is 10.9. The average molecular weight is 252 g/mol. The van der Waals surface area contributed by atoms with Gasteiger partial charge in [0.15, 0.2) is 0 Å². The number of rotatable bonds is 5. The summed E-state index contributed by atoms with van der Waals surface area (Å²) in [6.07, 6.45) is 0.718. The minimum Gasteiger partial charge on any atom is -0.478 e. The molecule has 5 nitrogen and oxygen atoms in total. The van der Waals surface area contributed by atoms with E-state index in [0.29, 0.717) is 11.3 Å². The van der Waals surface area contributed by atoms with Crippen LogP contribution in [0.3, 0.4) is 0 Å². The lowest BCUT2D eigenvalue weighted by atomic mass is 9.98. The Bertz CT molecular complexity index is 454. The summed E-state index contributed by atoms with van der Waals surface area (Å²) in [4.78, 5) is 11.1. The Morgan fingerprint density at radius 2 is 2.11 bits per heavy atom. The first kappa shape index (κ1) is 14.3. The molecule has 0 aliphatic rings. The van der Waals surface area contributed by atoms with Crippen molar-refractivity contribution in [3.05, 3.63) is 23.3 Å². The van der Waals surface area contributed by atoms with Crippen molar-refractivity contribution in [3.8, 4) is 0 Å². The van der Waals surface area contributed by atoms with Crippen LogP contribution in [0, 0.1) is 6.92 Å². The van der Waals surface area contributed by atoms with Crippen molar-refractivity contribution in [2.45, 2.75) is 32.7 Å². The summed E-state index contributed by atoms with van der Waals surface area (Å²) in [6, 6.07) is 3.28. The van der Waals surface area contributed by atoms with Crippen LogP contribution in [0.4, 0.5) is 11.4 Å². The number of aromatic carboxylic acids is 1. The molecular formula is C13H20N2O3. The molecule has 1 aromatic rings. The van der Waals surface area contributed by atoms with Gasteiger partial charge >= 0.3 is 5.97 Å². The summed E-state index contributed by atoms with van der Waals surface area (Å²) in [5.41, 5.74) is 6.95. The zero-order valence-corrected chi connectivity index (χ0v) is 10.9. The number of hydrogen-bond acceptors (Lipinski definition) is 4. The van der Waals surface area contributed by atoms with Crippen molar-refractivity contribution in [1.82, 2.24) is 0 Å². The molecule has 0 fully saturated rings. The van der Waals surface area contributed by atoms with Gasteiger partial charge < -0.3 is 21.3 Å². The summed E-state index contributed by atoms with van der Waals surface area (Å²) < 4.78 is 0. The fraction of sp³-hybridized carbons (Fsp3) is 0.462. The highest BCUT2D eigenvalue weighted by molar-refractivity contribution is 5.95. The molecule has 1 atom stereocenters. The largest absolute Gasteiger partial charge is 0.478 e. The molecule has 0 radical (unpaired) electrons. The Hall–Kier alpha value is -1.75. The number of hydrogen-bond donors (Lipinski definition) is 4. The van der Waals surface area contributed by atoms with Crippen molar-refractivity contribution in [1.29, 1.82) is 0 Å². The second kappa shape index (κ2) is 5.27. The van der Waals surface area contributed by atoms with Crippen molar-refractivity contribution in [3.63, 3.8) is 0 Å². The number of nitrogens with one attached hydrogen (secondary N) is 1. The van der Waals surface area contributed by atoms with Gasteiger partial charge in [-0.05, 0) is 38.0 Å². The number of carbonyl (C=O) groups is 1. The first-order valence-corrected chi connectivity index (χ1v) is 5.85. The number of aliphatic hydroxyl groups excluding tert-OH is 1. The number of nitrogens with two attached hydrogens (primary N) is 1. The predicted octanol–water partition coefficient (Wildman–Crippen LogP) is 1.85. The molecular weight excluding hydrogens is 232 g/mol. The highest BCUT2D eigenvalue weighted by Gasteiger charge is 2.21. The number of benzene rings is 1. The Labute approximate surface area is 107 Å². The monoisotopic (exact) mass is 252 g/mol. The highest BCUT2D eigenvalue weighted by atomic mass is 16.4. The van der Waals surface area contributed by atoms with E-state index in [0.717, 1.165) is 6.42 Å². The SMILES string of the molecule is CCC(C)(CO)Nc1cc(C)c(N)c(C(=O)O)c1. The molecule has 1 rings (SSSR count). The van der Waals surface area contributed by atoms with Crippen LogP contribution in [-0.2, 0) is 0 Å². The quantitative estimate of drug-likeness (QED) is 0.600. The summed E-state index contributed by atoms with van der Waals surface area (Å²) in [5, 5.41) is 21.6. The highest BCUT2D eigenvalue weighted by Crippen LogP contribution is 2.26. The van der Waals surface area contributed by atoms with E-state index in [-0.39, 0.29) is 17.9 Å². The Morgan fingerprint density at radius 3 is 2.56 bits per heavy atom. The third kappa shape index (κ3) is 2.92. The van der Waals surface area contributed by atoms with Gasteiger partial charge in [-0.2, -0.15) is 0 Å². The lowest BCUT2D eigenvalue weighted by Gasteiger charge is -2.29. The fourth-order valence-corrected chi connectivity index (χ4v) is 1.64. The topological polar surface area (TPSA) is 95.6 Å². The number of nitrogen functional groups attached to an aromatic ring is 1. The van der Waals surface area contributed by atoms with Crippen LogP contribution in [0.25, 0.3) is 0 Å². The van der Waals surface area contributed by atoms with Crippen LogP contribution >= 0.6 is 0 Å². The molecule has 5 heteroatoms. The molecule has 5 N–H and O–H groups in total. The van der Waals surface area contributed by atoms with E-state index in [1.807, 2.05) is 13.8 Å². The van der Waals surface area contributed by atoms with E-state index in [4.69, 9.17) is 10.8 Å². The van der Waals surface area contributed by atoms with E-state index in [1.54, 1.807) is 13.0 Å². The Kier molecular flexibility index (Phi) is 4.19. The smallest absolute Gasteiger partial charge is 0.337 e. The lowest BCUT2D eigenvalue weighted by molar-refractivity contribution is 0.0698. The van der Waals surface area contributed by atoms with Crippen LogP contribution in [-0.4, -0.2) is 28.3 Å². The zero-order chi connectivity index (χ0) is 13.9. The number of carboxylic acid groups (broad SMARTS) is 1. The van der Waals surface area contributed by atoms with E-state index in [9.17, 15) is 9.90 Å². The van der Waals surface area contributed by atoms with Crippen LogP contribution < -0.4 is 11.1 Å². The number of aliphatic hydroxyl groups is 1. The molecule has 100 valence electrons. The second-order valence-electron chi connectivity index (χ2n) is 4.76. The fourth-order valence-electron chi connectivity index (χ4n) is 1.64. The van der Waals surface area contributed by atoms with Gasteiger partial charge in [0.1, 0.15) is 0 Å². The van der Waals surface area contributed by atoms with E-state index < -0.39 is 11.5 Å². The summed E-state index contributed by atoms with van der Waals surface area (Å²) >= 11 is 0. The molecule has 0 heterocycles. The lowest BCUT2D eigenvalue weighted by Crippen LogP contribution is -2.38. The van der Waals surface area contributed by atoms with Gasteiger partial charge in [-0.1, -0.05) is 6.92 Å². The van der Waals surface area contributed by atoms with Gasteiger partial charge in [-0.15, -0.1) is 0 Å². The maximum atomic E-state index is 11.1. The van der Waals surface area contributed by atoms with Crippen molar-refractivity contribution >= 4 is 17.3 Å². The Morgan fingerprint density at radius 1 is 1.50 bits per heavy atom. The molecule has 1 unspecified atom stereocenters. The molecule has 0 aliphatic heterocycles. The predicted molar refractivity (Wildman–Crippen MR) is 72.0 cm³/mol. The van der Waals surface area contributed by atoms with Gasteiger partial charge in [0.25, 0.3) is 0 Å². The van der Waals surface area contributed by atoms with Crippen molar-refractivity contribution < 1.29 is 15.0 Å². The third-order valence-electron chi connectivity index (χ3n) is 3.19. The van der Waals surface area contributed by atoms with E-state index in [1.165, 1.54) is 6.07 Å². The van der Waals surface area contributed by atoms with Crippen LogP contribution in [0.15, 0.2) is 12.1 Å². The summed E-state index contributed by atoms with van der Waals surface area (Å²) in [5.74, 6) is -1.05. The number of anilines is 2. The molecule has 0 saturated carbocycles. The number of carboxylic acids is 1. The van der Waals surface area contributed by atoms with Gasteiger partial charge in [-0.3, -0.25) is 0 Å². The number of aryl methyl sites for hydroxylation is 1. The maximum Gasteiger partial charge on any atom is 0.337 e. The minimum atomic E-state index is -1.05. The first-order valence-electron chi connectivity index (χ1n) is 5.85. The van der Waals surface area contributed by atoms with Crippen molar-refractivity contribution in [2.75, 3.05) is 17.7 Å². The van der Waals surface area contributed by atoms with Gasteiger partial charge in [-0.25, -0.2) is 4.79 Å². The molecule has 0 aliphatic carbocycles. The minimum absolute atomic E-state index is 0.0324. The van der Waals surface area contributed by atoms with Gasteiger partial charge in [0, 0.05) is 11.4 Å². The van der Waals surface area contributed by atoms with Crippen LogP contribution in [0.2, 0.25) is 0 Å². The maximum absolute atomic E-state index is 11.1. The average Bonchev–Trinajstić information content (AvgIpc) is 2.33. The van der Waals surface area contributed by atoms with Gasteiger partial charge in [0.2, 0.25) is 0 Å². The normalized spacial score (nSPS) is 14.0. The summed E-state index contributed by atoms with van der Waals surface area (Å²) in [6.45, 7) is 5.55. The van der Waals surface area contributed by atoms with E-state index >= 15 is 0 Å². The molecule has 18 heavy (non-hydrogen) atoms. The van der Waals surface area contributed by atoms with Gasteiger partial charge in [0.05, 0.1) is 17.7 Å². The first-order chi connectivity index (χ1) is 8.33. The van der Waals surface area contributed by atoms with E-state index in [2.05, 4.69) is 5.32 Å². The molecule has 0 aromatic heterocycles. The molecule has 0 saturated heterocycles. The van der Waals surface area contributed by atoms with Crippen molar-refractivity contribution in [2.24, 2.45) is 0 Å². The molecule has 1 aromatic carbocycles. The standard InChI is InChI=1S/C13H20N2O3/c1-4-13(3,7-16)15-9-5-8(2)11(14)10(6-9)12(17)18/h5-6,15-16H,4,7,14H2,1-3H3,(H,17,18). The van der Waals surface area contributed by atoms with Crippen LogP contribution in [0.5, 0.6) is 0 Å². The third-order valence-corrected chi connectivity index (χ3v) is 3.19. The summed E-state index contributed by atoms with van der Waals surface area (Å²) in [7, 11) is 0. The molecule has 0 spiro atoms. The second-order valence-corrected chi connectivity index (χ2v) is 4.76. The molecule has 0 bridgehead atoms. The van der Waals surface area contributed by atoms with Crippen LogP contribution in [0.1, 0.15) is 36.2 Å².